The smallest absolute Gasteiger partial charge is 0.408 e. The molecule has 7 N–H and O–H groups in total. The van der Waals surface area contributed by atoms with Gasteiger partial charge in [-0.2, -0.15) is 0 Å². The van der Waals surface area contributed by atoms with Crippen LogP contribution in [0, 0.1) is 5.92 Å². The second-order valence-corrected chi connectivity index (χ2v) is 14.5. The van der Waals surface area contributed by atoms with Crippen molar-refractivity contribution in [3.8, 4) is 0 Å². The van der Waals surface area contributed by atoms with Crippen LogP contribution in [0.1, 0.15) is 70.6 Å². The first-order chi connectivity index (χ1) is 23.9. The number of carbonyl (C=O) groups excluding carboxylic acids is 4. The third-order valence-corrected chi connectivity index (χ3v) is 9.25. The zero-order valence-electron chi connectivity index (χ0n) is 28.7. The van der Waals surface area contributed by atoms with E-state index in [1.807, 2.05) is 30.3 Å². The number of aromatic amines is 1. The quantitative estimate of drug-likeness (QED) is 0.110. The molecule has 1 aliphatic carbocycles. The van der Waals surface area contributed by atoms with Crippen LogP contribution < -0.4 is 21.7 Å². The minimum absolute atomic E-state index is 0.0744. The number of H-pyrrole nitrogens is 1. The van der Waals surface area contributed by atoms with Crippen molar-refractivity contribution in [2.75, 3.05) is 5.75 Å². The predicted octanol–water partition coefficient (Wildman–Crippen LogP) is 1.65. The highest BCUT2D eigenvalue weighted by molar-refractivity contribution is 7.99. The van der Waals surface area contributed by atoms with E-state index in [0.717, 1.165) is 49.4 Å². The van der Waals surface area contributed by atoms with Crippen LogP contribution in [0.15, 0.2) is 48.0 Å². The first kappa shape index (κ1) is 38.3. The Morgan fingerprint density at radius 3 is 2.40 bits per heavy atom. The van der Waals surface area contributed by atoms with Gasteiger partial charge in [-0.05, 0) is 49.1 Å². The Balaban J connectivity index is 1.53. The van der Waals surface area contributed by atoms with Crippen molar-refractivity contribution in [3.05, 3.63) is 54.1 Å². The number of ether oxygens (including phenoxy) is 1. The van der Waals surface area contributed by atoms with E-state index in [4.69, 9.17) is 10.5 Å². The summed E-state index contributed by atoms with van der Waals surface area (Å²) in [5.41, 5.74) is 5.92. The van der Waals surface area contributed by atoms with E-state index < -0.39 is 53.6 Å². The lowest BCUT2D eigenvalue weighted by Crippen LogP contribution is -2.58. The summed E-state index contributed by atoms with van der Waals surface area (Å²) in [6, 6.07) is 6.39. The number of hydrogen-bond acceptors (Lipinski definition) is 11. The maximum atomic E-state index is 14.1. The molecule has 0 aliphatic heterocycles. The number of nitrogens with one attached hydrogen (secondary N) is 4. The van der Waals surface area contributed by atoms with Gasteiger partial charge in [-0.25, -0.2) is 14.5 Å². The van der Waals surface area contributed by atoms with E-state index in [1.54, 1.807) is 27.0 Å². The molecule has 1 saturated carbocycles. The molecule has 16 nitrogen and oxygen atoms in total. The molecule has 50 heavy (non-hydrogen) atoms. The van der Waals surface area contributed by atoms with Gasteiger partial charge in [0.2, 0.25) is 22.9 Å². The standard InChI is InChI=1S/C33H48N10O6S/c1-33(2,3)49-32(48)39-25(15-22-12-8-5-9-13-22)29(46)38-26(16-23-17-35-20-36-23)30(47)37-24(14-21-10-6-4-7-11-21)27(44)19-50-31-40-41-42-43(31)18-28(34)45/h5,8-9,12-13,17,20-21,24-27,44H,4,6-7,10-11,14-16,18-19H2,1-3H3,(H2,34,45)(H,35,36)(H,37,47)(H,38,46)(H,39,48)/t24-,25-,26-,27-/m0/s1. The number of imidazole rings is 1. The second-order valence-electron chi connectivity index (χ2n) is 13.5. The lowest BCUT2D eigenvalue weighted by atomic mass is 9.83. The number of hydrogen-bond donors (Lipinski definition) is 6. The van der Waals surface area contributed by atoms with E-state index in [1.165, 1.54) is 11.0 Å². The van der Waals surface area contributed by atoms with Crippen LogP contribution in [0.4, 0.5) is 4.79 Å². The number of amides is 4. The van der Waals surface area contributed by atoms with Gasteiger partial charge in [0.1, 0.15) is 24.2 Å². The van der Waals surface area contributed by atoms with Crippen LogP contribution in [0.25, 0.3) is 0 Å². The molecule has 0 saturated heterocycles. The number of rotatable bonds is 17. The Kier molecular flexibility index (Phi) is 14.1. The fourth-order valence-electron chi connectivity index (χ4n) is 5.81. The number of aliphatic hydroxyl groups is 1. The lowest BCUT2D eigenvalue weighted by molar-refractivity contribution is -0.130. The van der Waals surface area contributed by atoms with Crippen LogP contribution in [0.2, 0.25) is 0 Å². The number of primary amides is 1. The summed E-state index contributed by atoms with van der Waals surface area (Å²) >= 11 is 1.14. The summed E-state index contributed by atoms with van der Waals surface area (Å²) < 4.78 is 6.68. The number of benzene rings is 1. The van der Waals surface area contributed by atoms with E-state index in [-0.39, 0.29) is 25.1 Å². The molecular weight excluding hydrogens is 664 g/mol. The monoisotopic (exact) mass is 712 g/mol. The SMILES string of the molecule is CC(C)(C)OC(=O)N[C@@H](Cc1ccccc1)C(=O)N[C@@H](Cc1cnc[nH]1)C(=O)N[C@@H](CC1CCCCC1)[C@@H](O)CSc1nnnn1CC(N)=O. The van der Waals surface area contributed by atoms with Gasteiger partial charge in [-0.15, -0.1) is 5.10 Å². The molecule has 0 radical (unpaired) electrons. The molecule has 2 heterocycles. The number of carbonyl (C=O) groups is 4. The van der Waals surface area contributed by atoms with Gasteiger partial charge in [0.05, 0.1) is 18.5 Å². The number of nitrogens with two attached hydrogens (primary N) is 1. The average molecular weight is 713 g/mol. The van der Waals surface area contributed by atoms with E-state index in [9.17, 15) is 24.3 Å². The van der Waals surface area contributed by atoms with Crippen LogP contribution in [0.5, 0.6) is 0 Å². The van der Waals surface area contributed by atoms with Crippen molar-refractivity contribution >= 4 is 35.6 Å². The highest BCUT2D eigenvalue weighted by Crippen LogP contribution is 2.29. The Morgan fingerprint density at radius 1 is 1.04 bits per heavy atom. The molecule has 272 valence electrons. The van der Waals surface area contributed by atoms with Crippen LogP contribution in [-0.4, -0.2) is 94.7 Å². The first-order valence-corrected chi connectivity index (χ1v) is 17.8. The highest BCUT2D eigenvalue weighted by atomic mass is 32.2. The predicted molar refractivity (Wildman–Crippen MR) is 184 cm³/mol. The van der Waals surface area contributed by atoms with Gasteiger partial charge >= 0.3 is 6.09 Å². The van der Waals surface area contributed by atoms with Crippen molar-refractivity contribution in [3.63, 3.8) is 0 Å². The lowest BCUT2D eigenvalue weighted by Gasteiger charge is -2.31. The summed E-state index contributed by atoms with van der Waals surface area (Å²) in [5, 5.41) is 31.6. The molecule has 1 fully saturated rings. The van der Waals surface area contributed by atoms with Crippen molar-refractivity contribution in [1.82, 2.24) is 46.1 Å². The Bertz CT molecular complexity index is 1520. The number of aromatic nitrogens is 6. The van der Waals surface area contributed by atoms with Gasteiger partial charge < -0.3 is 36.5 Å². The van der Waals surface area contributed by atoms with Crippen molar-refractivity contribution in [1.29, 1.82) is 0 Å². The van der Waals surface area contributed by atoms with Crippen LogP contribution in [-0.2, 0) is 38.5 Å². The number of thioether (sulfide) groups is 1. The van der Waals surface area contributed by atoms with Crippen LogP contribution in [0.3, 0.4) is 0 Å². The van der Waals surface area contributed by atoms with Crippen molar-refractivity contribution in [2.45, 2.75) is 114 Å². The molecule has 0 bridgehead atoms. The Labute approximate surface area is 295 Å². The molecule has 1 aromatic carbocycles. The topological polar surface area (TPSA) is 232 Å². The van der Waals surface area contributed by atoms with Gasteiger partial charge in [-0.3, -0.25) is 14.4 Å². The summed E-state index contributed by atoms with van der Waals surface area (Å²) in [5.74, 6) is -1.29. The fourth-order valence-corrected chi connectivity index (χ4v) is 6.70. The Hall–Kier alpha value is -4.51. The molecule has 4 amide bonds. The number of nitrogens with zero attached hydrogens (tertiary/aromatic N) is 5. The molecular formula is C33H48N10O6S. The molecule has 4 rings (SSSR count). The summed E-state index contributed by atoms with van der Waals surface area (Å²) in [6.07, 6.45) is 7.27. The normalized spacial score (nSPS) is 16.1. The van der Waals surface area contributed by atoms with E-state index in [0.29, 0.717) is 23.2 Å². The third-order valence-electron chi connectivity index (χ3n) is 8.19. The van der Waals surface area contributed by atoms with E-state index in [2.05, 4.69) is 41.4 Å². The number of tetrazole rings is 1. The second kappa shape index (κ2) is 18.5. The van der Waals surface area contributed by atoms with Crippen molar-refractivity contribution < 1.29 is 29.0 Å². The summed E-state index contributed by atoms with van der Waals surface area (Å²) in [6.45, 7) is 4.96. The zero-order chi connectivity index (χ0) is 36.1. The molecule has 1 aliphatic rings. The zero-order valence-corrected chi connectivity index (χ0v) is 29.5. The Morgan fingerprint density at radius 2 is 1.74 bits per heavy atom. The highest BCUT2D eigenvalue weighted by Gasteiger charge is 2.33. The molecule has 17 heteroatoms. The minimum Gasteiger partial charge on any atom is -0.444 e. The number of aliphatic hydroxyl groups excluding tert-OH is 1. The summed E-state index contributed by atoms with van der Waals surface area (Å²) in [4.78, 5) is 59.2. The first-order valence-electron chi connectivity index (χ1n) is 16.8. The van der Waals surface area contributed by atoms with Crippen LogP contribution >= 0.6 is 11.8 Å². The molecule has 3 aromatic rings. The van der Waals surface area contributed by atoms with E-state index >= 15 is 0 Å². The fraction of sp³-hybridized carbons (Fsp3) is 0.576. The van der Waals surface area contributed by atoms with Crippen molar-refractivity contribution in [2.24, 2.45) is 11.7 Å². The molecule has 4 atom stereocenters. The molecule has 0 spiro atoms. The average Bonchev–Trinajstić information content (AvgIpc) is 3.74. The van der Waals surface area contributed by atoms with Gasteiger partial charge in [0, 0.05) is 30.5 Å². The number of alkyl carbamates (subject to hydrolysis) is 1. The maximum absolute atomic E-state index is 14.1. The van der Waals surface area contributed by atoms with Gasteiger partial charge in [0.25, 0.3) is 0 Å². The minimum atomic E-state index is -1.08. The molecule has 2 aromatic heterocycles. The third kappa shape index (κ3) is 12.7. The molecule has 0 unspecified atom stereocenters. The summed E-state index contributed by atoms with van der Waals surface area (Å²) in [7, 11) is 0. The van der Waals surface area contributed by atoms with Gasteiger partial charge in [0.15, 0.2) is 0 Å². The largest absolute Gasteiger partial charge is 0.444 e. The van der Waals surface area contributed by atoms with Gasteiger partial charge in [-0.1, -0.05) is 74.2 Å². The maximum Gasteiger partial charge on any atom is 0.408 e.